The van der Waals surface area contributed by atoms with Crippen LogP contribution in [-0.4, -0.2) is 69.9 Å². The van der Waals surface area contributed by atoms with E-state index in [-0.39, 0.29) is 22.5 Å². The number of aromatic nitrogens is 4. The molecule has 4 atom stereocenters. The van der Waals surface area contributed by atoms with E-state index < -0.39 is 59.1 Å². The second-order valence-electron chi connectivity index (χ2n) is 7.35. The Morgan fingerprint density at radius 2 is 2.03 bits per heavy atom. The number of nitrogens with one attached hydrogen (secondary N) is 1. The van der Waals surface area contributed by atoms with Gasteiger partial charge in [0, 0.05) is 6.92 Å². The molecule has 3 heterocycles. The number of nitrogens with zero attached hydrogens (tertiary/aromatic N) is 4. The van der Waals surface area contributed by atoms with Crippen LogP contribution < -0.4 is 10.5 Å². The predicted molar refractivity (Wildman–Crippen MR) is 115 cm³/mol. The van der Waals surface area contributed by atoms with Crippen molar-refractivity contribution in [2.75, 3.05) is 12.3 Å². The number of fused-ring (bicyclic) bond motifs is 1. The highest BCUT2D eigenvalue weighted by Gasteiger charge is 2.49. The van der Waals surface area contributed by atoms with Crippen LogP contribution in [0, 0.1) is 0 Å². The number of amides is 1. The Bertz CT molecular complexity index is 1380. The average Bonchev–Trinajstić information content (AvgIpc) is 3.34. The van der Waals surface area contributed by atoms with Gasteiger partial charge >= 0.3 is 16.3 Å². The maximum atomic E-state index is 15.3. The van der Waals surface area contributed by atoms with Crippen LogP contribution in [0.2, 0.25) is 0 Å². The minimum Gasteiger partial charge on any atom is -0.507 e. The Morgan fingerprint density at radius 3 is 2.74 bits per heavy atom. The number of carbonyl (C=O) groups excluding carboxylic acids is 2. The van der Waals surface area contributed by atoms with Crippen LogP contribution in [-0.2, 0) is 28.8 Å². The molecular formula is C19H19FN6O8S. The first-order chi connectivity index (χ1) is 16.6. The summed E-state index contributed by atoms with van der Waals surface area (Å²) in [5.74, 6) is -2.40. The van der Waals surface area contributed by atoms with Crippen LogP contribution in [0.1, 0.15) is 23.5 Å². The van der Waals surface area contributed by atoms with Gasteiger partial charge in [-0.2, -0.15) is 8.42 Å². The molecule has 1 saturated heterocycles. The maximum absolute atomic E-state index is 15.3. The first-order valence-corrected chi connectivity index (χ1v) is 11.4. The molecule has 4 rings (SSSR count). The van der Waals surface area contributed by atoms with Crippen LogP contribution in [0.4, 0.5) is 10.2 Å². The number of phenolic OH excluding ortho intramolecular Hbond substituents is 1. The molecule has 35 heavy (non-hydrogen) atoms. The highest BCUT2D eigenvalue weighted by molar-refractivity contribution is 7.85. The Morgan fingerprint density at radius 1 is 1.29 bits per heavy atom. The fourth-order valence-corrected chi connectivity index (χ4v) is 4.17. The number of hydrogen-bond acceptors (Lipinski definition) is 12. The summed E-state index contributed by atoms with van der Waals surface area (Å²) in [6, 6.07) is 5.24. The van der Waals surface area contributed by atoms with Crippen LogP contribution in [0.5, 0.6) is 5.75 Å². The number of nitrogens with two attached hydrogens (primary N) is 1. The number of aromatic hydroxyl groups is 1. The van der Waals surface area contributed by atoms with Gasteiger partial charge < -0.3 is 20.3 Å². The minimum atomic E-state index is -4.72. The monoisotopic (exact) mass is 510 g/mol. The molecule has 1 aromatic carbocycles. The molecule has 1 fully saturated rings. The normalized spacial score (nSPS) is 22.2. The molecule has 1 aliphatic heterocycles. The number of halogens is 1. The second-order valence-corrected chi connectivity index (χ2v) is 8.70. The summed E-state index contributed by atoms with van der Waals surface area (Å²) in [7, 11) is -4.72. The molecule has 4 N–H and O–H groups in total. The van der Waals surface area contributed by atoms with E-state index in [1.54, 1.807) is 4.72 Å². The zero-order valence-corrected chi connectivity index (χ0v) is 18.8. The van der Waals surface area contributed by atoms with Crippen LogP contribution in [0.25, 0.3) is 11.2 Å². The number of anilines is 1. The molecule has 0 spiro atoms. The lowest BCUT2D eigenvalue weighted by Gasteiger charge is -2.18. The van der Waals surface area contributed by atoms with Gasteiger partial charge in [-0.05, 0) is 12.1 Å². The van der Waals surface area contributed by atoms with Crippen molar-refractivity contribution in [3.8, 4) is 5.75 Å². The van der Waals surface area contributed by atoms with Crippen LogP contribution in [0.3, 0.4) is 0 Å². The standard InChI is InChI=1S/C19H19FN6O8S/c1-9(27)33-15-12(6-32-35(30,31)25-18(29)10-4-2-3-5-11(10)28)34-19(13(15)20)26-8-24-14-16(21)22-7-23-17(14)26/h2-5,7-8,12-13,15,19,28H,6H2,1H3,(H,25,29)(H2,21,22,23)/t12-,13-,15-,19-/m1/s1. The van der Waals surface area contributed by atoms with Gasteiger partial charge in [0.2, 0.25) is 0 Å². The summed E-state index contributed by atoms with van der Waals surface area (Å²) in [6.07, 6.45) is -4.01. The summed E-state index contributed by atoms with van der Waals surface area (Å²) < 4.78 is 58.1. The molecule has 186 valence electrons. The Balaban J connectivity index is 1.51. The SMILES string of the molecule is CC(=O)O[C@H]1[C@@H](F)[C@H](n2cnc3c(N)ncnc32)O[C@@H]1COS(=O)(=O)NC(=O)c1ccccc1O. The van der Waals surface area contributed by atoms with E-state index in [1.807, 2.05) is 0 Å². The average molecular weight is 510 g/mol. The number of alkyl halides is 1. The quantitative estimate of drug-likeness (QED) is 0.359. The van der Waals surface area contributed by atoms with Crippen molar-refractivity contribution in [3.05, 3.63) is 42.5 Å². The van der Waals surface area contributed by atoms with Crippen molar-refractivity contribution in [2.45, 2.75) is 31.5 Å². The summed E-state index contributed by atoms with van der Waals surface area (Å²) >= 11 is 0. The number of carbonyl (C=O) groups is 2. The van der Waals surface area contributed by atoms with Crippen molar-refractivity contribution < 1.29 is 41.2 Å². The molecule has 14 nitrogen and oxygen atoms in total. The lowest BCUT2D eigenvalue weighted by molar-refractivity contribution is -0.151. The van der Waals surface area contributed by atoms with Crippen molar-refractivity contribution in [1.82, 2.24) is 24.2 Å². The number of para-hydroxylation sites is 1. The van der Waals surface area contributed by atoms with E-state index in [1.165, 1.54) is 35.2 Å². The van der Waals surface area contributed by atoms with Gasteiger partial charge in [-0.15, -0.1) is 0 Å². The fraction of sp³-hybridized carbons (Fsp3) is 0.316. The first-order valence-electron chi connectivity index (χ1n) is 9.96. The lowest BCUT2D eigenvalue weighted by Crippen LogP contribution is -2.39. The summed E-state index contributed by atoms with van der Waals surface area (Å²) in [6.45, 7) is 0.226. The third-order valence-electron chi connectivity index (χ3n) is 4.98. The maximum Gasteiger partial charge on any atom is 0.362 e. The topological polar surface area (TPSA) is 198 Å². The van der Waals surface area contributed by atoms with Crippen LogP contribution >= 0.6 is 0 Å². The molecule has 0 unspecified atom stereocenters. The second kappa shape index (κ2) is 9.40. The van der Waals surface area contributed by atoms with Gasteiger partial charge in [-0.3, -0.25) is 18.3 Å². The number of rotatable bonds is 7. The summed E-state index contributed by atoms with van der Waals surface area (Å²) in [5.41, 5.74) is 5.75. The smallest absolute Gasteiger partial charge is 0.362 e. The molecule has 0 radical (unpaired) electrons. The van der Waals surface area contributed by atoms with Crippen molar-refractivity contribution >= 4 is 39.2 Å². The van der Waals surface area contributed by atoms with E-state index in [0.29, 0.717) is 0 Å². The number of benzene rings is 1. The predicted octanol–water partition coefficient (Wildman–Crippen LogP) is -0.0273. The first kappa shape index (κ1) is 24.2. The highest BCUT2D eigenvalue weighted by atomic mass is 32.2. The number of esters is 1. The van der Waals surface area contributed by atoms with Gasteiger partial charge in [0.25, 0.3) is 5.91 Å². The van der Waals surface area contributed by atoms with Gasteiger partial charge in [0.15, 0.2) is 30.0 Å². The fourth-order valence-electron chi connectivity index (χ4n) is 3.46. The van der Waals surface area contributed by atoms with E-state index in [0.717, 1.165) is 13.3 Å². The number of phenols is 1. The van der Waals surface area contributed by atoms with E-state index >= 15 is 4.39 Å². The highest BCUT2D eigenvalue weighted by Crippen LogP contribution is 2.36. The summed E-state index contributed by atoms with van der Waals surface area (Å²) in [5, 5.41) is 9.71. The number of nitrogen functional groups attached to an aromatic ring is 1. The van der Waals surface area contributed by atoms with Gasteiger partial charge in [-0.1, -0.05) is 12.1 Å². The van der Waals surface area contributed by atoms with Gasteiger partial charge in [0.1, 0.15) is 23.7 Å². The number of hydrogen-bond donors (Lipinski definition) is 3. The molecule has 16 heteroatoms. The number of imidazole rings is 1. The van der Waals surface area contributed by atoms with Crippen molar-refractivity contribution in [2.24, 2.45) is 0 Å². The molecule has 1 aliphatic rings. The van der Waals surface area contributed by atoms with Crippen molar-refractivity contribution in [1.29, 1.82) is 0 Å². The van der Waals surface area contributed by atoms with E-state index in [4.69, 9.17) is 19.4 Å². The third-order valence-corrected chi connectivity index (χ3v) is 5.87. The Labute approximate surface area is 197 Å². The van der Waals surface area contributed by atoms with Gasteiger partial charge in [0.05, 0.1) is 18.5 Å². The zero-order chi connectivity index (χ0) is 25.3. The molecule has 2 aromatic heterocycles. The van der Waals surface area contributed by atoms with E-state index in [2.05, 4.69) is 15.0 Å². The molecule has 0 saturated carbocycles. The Hall–Kier alpha value is -3.89. The third kappa shape index (κ3) is 4.98. The zero-order valence-electron chi connectivity index (χ0n) is 17.9. The largest absolute Gasteiger partial charge is 0.507 e. The molecule has 1 amide bonds. The number of ether oxygens (including phenoxy) is 2. The Kier molecular flexibility index (Phi) is 6.51. The molecule has 0 aliphatic carbocycles. The molecular weight excluding hydrogens is 491 g/mol. The lowest BCUT2D eigenvalue weighted by atomic mass is 10.1. The van der Waals surface area contributed by atoms with Crippen molar-refractivity contribution in [3.63, 3.8) is 0 Å². The van der Waals surface area contributed by atoms with E-state index in [9.17, 15) is 23.1 Å². The summed E-state index contributed by atoms with van der Waals surface area (Å²) in [4.78, 5) is 35.5. The van der Waals surface area contributed by atoms with Gasteiger partial charge in [-0.25, -0.2) is 24.1 Å². The molecule has 3 aromatic rings. The molecule has 0 bridgehead atoms. The van der Waals surface area contributed by atoms with Crippen LogP contribution in [0.15, 0.2) is 36.9 Å². The minimum absolute atomic E-state index is 0.0462.